The zero-order valence-corrected chi connectivity index (χ0v) is 16.9. The summed E-state index contributed by atoms with van der Waals surface area (Å²) in [4.78, 5) is 2.56. The second-order valence-electron chi connectivity index (χ2n) is 7.58. The number of rotatable bonds is 8. The highest BCUT2D eigenvalue weighted by atomic mass is 19.1. The number of ether oxygens (including phenoxy) is 2. The molecule has 3 aromatic rings. The van der Waals surface area contributed by atoms with Gasteiger partial charge in [0.2, 0.25) is 0 Å². The summed E-state index contributed by atoms with van der Waals surface area (Å²) in [5.74, 6) is 1.19. The molecule has 1 aromatic heterocycles. The molecule has 0 atom stereocenters. The Bertz CT molecular complexity index is 950. The van der Waals surface area contributed by atoms with E-state index < -0.39 is 0 Å². The van der Waals surface area contributed by atoms with Crippen LogP contribution in [0.4, 0.5) is 4.39 Å². The fourth-order valence-corrected chi connectivity index (χ4v) is 3.96. The molecule has 2 aromatic carbocycles. The minimum atomic E-state index is -0.288. The first kappa shape index (κ1) is 19.7. The highest BCUT2D eigenvalue weighted by Gasteiger charge is 2.14. The van der Waals surface area contributed by atoms with Crippen LogP contribution < -0.4 is 9.47 Å². The van der Waals surface area contributed by atoms with Gasteiger partial charge >= 0.3 is 0 Å². The van der Waals surface area contributed by atoms with Gasteiger partial charge in [-0.2, -0.15) is 5.10 Å². The van der Waals surface area contributed by atoms with E-state index in [1.54, 1.807) is 13.2 Å². The van der Waals surface area contributed by atoms with E-state index in [0.717, 1.165) is 35.2 Å². The third kappa shape index (κ3) is 4.70. The third-order valence-corrected chi connectivity index (χ3v) is 5.54. The second kappa shape index (κ2) is 9.27. The maximum Gasteiger partial charge on any atom is 0.132 e. The van der Waals surface area contributed by atoms with Crippen molar-refractivity contribution in [1.29, 1.82) is 0 Å². The van der Waals surface area contributed by atoms with Gasteiger partial charge in [-0.25, -0.2) is 4.39 Å². The average Bonchev–Trinajstić information content (AvgIpc) is 3.17. The number of fused-ring (bicyclic) bond motifs is 1. The van der Waals surface area contributed by atoms with E-state index in [-0.39, 0.29) is 5.82 Å². The lowest BCUT2D eigenvalue weighted by molar-refractivity contribution is 0.216. The summed E-state index contributed by atoms with van der Waals surface area (Å²) < 4.78 is 24.9. The molecule has 0 amide bonds. The number of unbranched alkanes of at least 4 members (excludes halogenated alkanes) is 1. The van der Waals surface area contributed by atoms with Crippen LogP contribution in [0.25, 0.3) is 22.2 Å². The van der Waals surface area contributed by atoms with Crippen LogP contribution >= 0.6 is 0 Å². The number of benzene rings is 2. The Labute approximate surface area is 170 Å². The van der Waals surface area contributed by atoms with E-state index >= 15 is 0 Å². The molecule has 4 rings (SSSR count). The summed E-state index contributed by atoms with van der Waals surface area (Å²) in [6, 6.07) is 10.4. The summed E-state index contributed by atoms with van der Waals surface area (Å²) in [5.41, 5.74) is 2.25. The molecule has 0 unspecified atom stereocenters. The second-order valence-corrected chi connectivity index (χ2v) is 7.58. The van der Waals surface area contributed by atoms with Crippen LogP contribution in [0.5, 0.6) is 11.5 Å². The topological polar surface area (TPSA) is 50.4 Å². The fraction of sp³-hybridized carbons (Fsp3) is 0.435. The summed E-state index contributed by atoms with van der Waals surface area (Å²) in [7, 11) is 1.63. The van der Waals surface area contributed by atoms with Crippen LogP contribution in [0.3, 0.4) is 0 Å². The lowest BCUT2D eigenvalue weighted by Gasteiger charge is -2.26. The van der Waals surface area contributed by atoms with Crippen molar-refractivity contribution in [2.45, 2.75) is 32.1 Å². The molecule has 5 nitrogen and oxygen atoms in total. The van der Waals surface area contributed by atoms with E-state index in [9.17, 15) is 4.39 Å². The number of aromatic nitrogens is 2. The zero-order chi connectivity index (χ0) is 20.1. The van der Waals surface area contributed by atoms with Gasteiger partial charge in [-0.15, -0.1) is 0 Å². The Morgan fingerprint density at radius 2 is 1.93 bits per heavy atom. The van der Waals surface area contributed by atoms with Gasteiger partial charge in [0.15, 0.2) is 0 Å². The lowest BCUT2D eigenvalue weighted by Crippen LogP contribution is -2.30. The zero-order valence-electron chi connectivity index (χ0n) is 16.9. The van der Waals surface area contributed by atoms with Crippen molar-refractivity contribution in [2.24, 2.45) is 0 Å². The van der Waals surface area contributed by atoms with E-state index in [2.05, 4.69) is 15.1 Å². The predicted molar refractivity (Wildman–Crippen MR) is 113 cm³/mol. The van der Waals surface area contributed by atoms with Crippen molar-refractivity contribution >= 4 is 10.9 Å². The maximum absolute atomic E-state index is 13.4. The normalized spacial score (nSPS) is 15.0. The first-order valence-corrected chi connectivity index (χ1v) is 10.4. The van der Waals surface area contributed by atoms with Gasteiger partial charge in [-0.1, -0.05) is 6.42 Å². The molecular weight excluding hydrogens is 369 g/mol. The molecule has 0 aliphatic carbocycles. The van der Waals surface area contributed by atoms with Crippen LogP contribution in [-0.2, 0) is 0 Å². The first-order chi connectivity index (χ1) is 14.2. The maximum atomic E-state index is 13.4. The number of likely N-dealkylation sites (tertiary alicyclic amines) is 1. The van der Waals surface area contributed by atoms with Gasteiger partial charge < -0.3 is 14.4 Å². The van der Waals surface area contributed by atoms with Crippen molar-refractivity contribution in [1.82, 2.24) is 15.1 Å². The number of aromatic amines is 1. The molecule has 1 aliphatic heterocycles. The van der Waals surface area contributed by atoms with E-state index in [1.165, 1.54) is 51.0 Å². The molecule has 1 fully saturated rings. The summed E-state index contributed by atoms with van der Waals surface area (Å²) in [5, 5.41) is 8.10. The van der Waals surface area contributed by atoms with Gasteiger partial charge in [-0.3, -0.25) is 5.10 Å². The molecule has 2 heterocycles. The van der Waals surface area contributed by atoms with Crippen LogP contribution in [0, 0.1) is 5.82 Å². The molecule has 6 heteroatoms. The Morgan fingerprint density at radius 3 is 2.76 bits per heavy atom. The lowest BCUT2D eigenvalue weighted by atomic mass is 10.1. The molecule has 1 N–H and O–H groups in total. The number of halogens is 1. The summed E-state index contributed by atoms with van der Waals surface area (Å²) in [6.07, 6.45) is 6.25. The molecule has 1 aliphatic rings. The van der Waals surface area contributed by atoms with Crippen molar-refractivity contribution in [3.8, 4) is 22.8 Å². The van der Waals surface area contributed by atoms with Gasteiger partial charge in [0.1, 0.15) is 23.0 Å². The molecule has 154 valence electrons. The molecular formula is C23H28FN3O2. The monoisotopic (exact) mass is 397 g/mol. The van der Waals surface area contributed by atoms with Gasteiger partial charge in [0.05, 0.1) is 19.2 Å². The SMILES string of the molecule is COc1cc(OCCCCN2CCCCC2)ccc1-c1n[nH]c2cc(F)ccc12. The Balaban J connectivity index is 1.37. The Morgan fingerprint density at radius 1 is 1.07 bits per heavy atom. The third-order valence-electron chi connectivity index (χ3n) is 5.54. The number of piperidine rings is 1. The summed E-state index contributed by atoms with van der Waals surface area (Å²) >= 11 is 0. The van der Waals surface area contributed by atoms with Crippen molar-refractivity contribution < 1.29 is 13.9 Å². The summed E-state index contributed by atoms with van der Waals surface area (Å²) in [6.45, 7) is 4.35. The van der Waals surface area contributed by atoms with Crippen LogP contribution in [0.15, 0.2) is 36.4 Å². The highest BCUT2D eigenvalue weighted by molar-refractivity contribution is 5.94. The quantitative estimate of drug-likeness (QED) is 0.542. The largest absolute Gasteiger partial charge is 0.496 e. The van der Waals surface area contributed by atoms with Crippen molar-refractivity contribution in [2.75, 3.05) is 33.4 Å². The molecule has 0 saturated carbocycles. The highest BCUT2D eigenvalue weighted by Crippen LogP contribution is 2.36. The standard InChI is InChI=1S/C23H28FN3O2/c1-28-22-16-18(29-14-6-5-13-27-11-3-2-4-12-27)8-10-20(22)23-19-9-7-17(24)15-21(19)25-26-23/h7-10,15-16H,2-6,11-14H2,1H3,(H,25,26). The smallest absolute Gasteiger partial charge is 0.132 e. The minimum Gasteiger partial charge on any atom is -0.496 e. The average molecular weight is 397 g/mol. The minimum absolute atomic E-state index is 0.288. The number of H-pyrrole nitrogens is 1. The number of nitrogens with zero attached hydrogens (tertiary/aromatic N) is 2. The van der Waals surface area contributed by atoms with E-state index in [4.69, 9.17) is 9.47 Å². The first-order valence-electron chi connectivity index (χ1n) is 10.4. The number of nitrogens with one attached hydrogen (secondary N) is 1. The molecule has 0 spiro atoms. The van der Waals surface area contributed by atoms with Crippen LogP contribution in [-0.4, -0.2) is 48.4 Å². The molecule has 0 bridgehead atoms. The number of hydrogen-bond acceptors (Lipinski definition) is 4. The van der Waals surface area contributed by atoms with Crippen molar-refractivity contribution in [3.05, 3.63) is 42.2 Å². The van der Waals surface area contributed by atoms with Crippen molar-refractivity contribution in [3.63, 3.8) is 0 Å². The van der Waals surface area contributed by atoms with E-state index in [0.29, 0.717) is 17.9 Å². The number of hydrogen-bond donors (Lipinski definition) is 1. The predicted octanol–water partition coefficient (Wildman–Crippen LogP) is 5.02. The Kier molecular flexibility index (Phi) is 6.30. The van der Waals surface area contributed by atoms with Crippen LogP contribution in [0.1, 0.15) is 32.1 Å². The Hall–Kier alpha value is -2.60. The fourth-order valence-electron chi connectivity index (χ4n) is 3.96. The number of methoxy groups -OCH3 is 1. The van der Waals surface area contributed by atoms with E-state index in [1.807, 2.05) is 18.2 Å². The van der Waals surface area contributed by atoms with Crippen LogP contribution in [0.2, 0.25) is 0 Å². The van der Waals surface area contributed by atoms with Gasteiger partial charge in [0, 0.05) is 17.0 Å². The van der Waals surface area contributed by atoms with Gasteiger partial charge in [0.25, 0.3) is 0 Å². The molecule has 1 saturated heterocycles. The molecule has 0 radical (unpaired) electrons. The molecule has 29 heavy (non-hydrogen) atoms. The van der Waals surface area contributed by atoms with Gasteiger partial charge in [-0.05, 0) is 75.6 Å².